The molecule has 1 N–H and O–H groups in total. The van der Waals surface area contributed by atoms with Crippen LogP contribution >= 0.6 is 0 Å². The molecular weight excluding hydrogens is 528 g/mol. The Kier molecular flexibility index (Phi) is 6.95. The molecule has 2 aliphatic carbocycles. The minimum atomic E-state index is -0.186. The summed E-state index contributed by atoms with van der Waals surface area (Å²) in [6.07, 6.45) is 7.80. The fourth-order valence-corrected chi connectivity index (χ4v) is 8.05. The molecule has 4 fully saturated rings. The van der Waals surface area contributed by atoms with E-state index in [0.717, 1.165) is 75.2 Å². The predicted octanol–water partition coefficient (Wildman–Crippen LogP) is 3.99. The topological polar surface area (TPSA) is 92.1 Å². The maximum Gasteiger partial charge on any atom is 0.305 e. The van der Waals surface area contributed by atoms with E-state index < -0.39 is 0 Å². The maximum atomic E-state index is 13.2. The fraction of sp³-hybridized carbons (Fsp3) is 0.576. The number of carbonyl (C=O) groups excluding carboxylic acids is 2. The monoisotopic (exact) mass is 570 g/mol. The lowest BCUT2D eigenvalue weighted by Gasteiger charge is -2.36. The summed E-state index contributed by atoms with van der Waals surface area (Å²) >= 11 is 0. The molecule has 1 amide bonds. The van der Waals surface area contributed by atoms with E-state index in [-0.39, 0.29) is 29.2 Å². The molecular formula is C33H42N6O3. The van der Waals surface area contributed by atoms with Gasteiger partial charge in [-0.3, -0.25) is 14.5 Å². The highest BCUT2D eigenvalue weighted by Gasteiger charge is 2.57. The minimum Gasteiger partial charge on any atom is -0.469 e. The van der Waals surface area contributed by atoms with Gasteiger partial charge in [0.05, 0.1) is 19.0 Å². The number of hydrogen-bond acceptors (Lipinski definition) is 7. The highest BCUT2D eigenvalue weighted by Crippen LogP contribution is 2.54. The van der Waals surface area contributed by atoms with E-state index in [1.165, 1.54) is 12.7 Å². The van der Waals surface area contributed by atoms with Crippen molar-refractivity contribution in [3.8, 4) is 0 Å². The zero-order valence-electron chi connectivity index (χ0n) is 25.0. The smallest absolute Gasteiger partial charge is 0.305 e. The Balaban J connectivity index is 0.941. The van der Waals surface area contributed by atoms with Crippen LogP contribution < -0.4 is 10.2 Å². The van der Waals surface area contributed by atoms with Gasteiger partial charge in [-0.25, -0.2) is 9.50 Å². The Morgan fingerprint density at radius 2 is 1.83 bits per heavy atom. The van der Waals surface area contributed by atoms with Gasteiger partial charge in [0.15, 0.2) is 5.65 Å². The normalized spacial score (nSPS) is 30.8. The third kappa shape index (κ3) is 5.06. The third-order valence-electron chi connectivity index (χ3n) is 10.7. The molecule has 0 radical (unpaired) electrons. The van der Waals surface area contributed by atoms with Crippen molar-refractivity contribution in [2.45, 2.75) is 69.9 Å². The summed E-state index contributed by atoms with van der Waals surface area (Å²) in [5.41, 5.74) is 4.35. The van der Waals surface area contributed by atoms with Crippen molar-refractivity contribution in [1.82, 2.24) is 24.8 Å². The molecule has 4 heterocycles. The number of carbonyl (C=O) groups is 2. The summed E-state index contributed by atoms with van der Waals surface area (Å²) in [7, 11) is 1.47. The molecule has 4 aliphatic rings. The van der Waals surface area contributed by atoms with Crippen LogP contribution in [0.2, 0.25) is 0 Å². The first-order valence-electron chi connectivity index (χ1n) is 15.6. The van der Waals surface area contributed by atoms with E-state index >= 15 is 0 Å². The molecule has 1 aromatic carbocycles. The molecule has 42 heavy (non-hydrogen) atoms. The van der Waals surface area contributed by atoms with Gasteiger partial charge in [-0.05, 0) is 74.0 Å². The number of hydrogen-bond donors (Lipinski definition) is 1. The van der Waals surface area contributed by atoms with Gasteiger partial charge in [-0.2, -0.15) is 0 Å². The van der Waals surface area contributed by atoms with Gasteiger partial charge in [0.25, 0.3) is 5.91 Å². The van der Waals surface area contributed by atoms with Gasteiger partial charge in [0, 0.05) is 50.1 Å². The number of anilines is 1. The van der Waals surface area contributed by atoms with Gasteiger partial charge in [-0.1, -0.05) is 37.3 Å². The number of aryl methyl sites for hydroxylation is 1. The summed E-state index contributed by atoms with van der Waals surface area (Å²) in [4.78, 5) is 34.5. The van der Waals surface area contributed by atoms with Crippen LogP contribution in [0.4, 0.5) is 5.69 Å². The maximum absolute atomic E-state index is 13.2. The number of nitrogens with zero attached hydrogens (tertiary/aromatic N) is 5. The van der Waals surface area contributed by atoms with Crippen molar-refractivity contribution in [1.29, 1.82) is 0 Å². The molecule has 2 unspecified atom stereocenters. The Hall–Kier alpha value is -3.46. The molecule has 2 aliphatic heterocycles. The second kappa shape index (κ2) is 10.7. The van der Waals surface area contributed by atoms with Crippen LogP contribution in [0.1, 0.15) is 67.2 Å². The number of aromatic nitrogens is 3. The minimum absolute atomic E-state index is 0.0779. The van der Waals surface area contributed by atoms with Crippen molar-refractivity contribution < 1.29 is 14.3 Å². The van der Waals surface area contributed by atoms with Crippen molar-refractivity contribution in [2.24, 2.45) is 17.8 Å². The Labute approximate surface area is 247 Å². The number of ether oxygens (including phenoxy) is 1. The van der Waals surface area contributed by atoms with E-state index in [4.69, 9.17) is 4.74 Å². The number of piperidine rings is 1. The molecule has 7 rings (SSSR count). The number of benzene rings is 1. The zero-order chi connectivity index (χ0) is 29.0. The molecule has 2 saturated carbocycles. The third-order valence-corrected chi connectivity index (χ3v) is 10.7. The largest absolute Gasteiger partial charge is 0.469 e. The Morgan fingerprint density at radius 1 is 1.10 bits per heavy atom. The average molecular weight is 571 g/mol. The average Bonchev–Trinajstić information content (AvgIpc) is 3.45. The van der Waals surface area contributed by atoms with Crippen molar-refractivity contribution in [3.05, 3.63) is 59.5 Å². The van der Waals surface area contributed by atoms with Crippen molar-refractivity contribution >= 4 is 23.2 Å². The highest BCUT2D eigenvalue weighted by atomic mass is 16.5. The first-order chi connectivity index (χ1) is 20.3. The fourth-order valence-electron chi connectivity index (χ4n) is 8.05. The number of likely N-dealkylation sites (tertiary alicyclic amines) is 1. The first kappa shape index (κ1) is 27.4. The first-order valence-corrected chi connectivity index (χ1v) is 15.6. The van der Waals surface area contributed by atoms with Crippen molar-refractivity contribution in [2.75, 3.05) is 38.2 Å². The summed E-state index contributed by atoms with van der Waals surface area (Å²) < 4.78 is 6.63. The van der Waals surface area contributed by atoms with E-state index in [0.29, 0.717) is 30.2 Å². The van der Waals surface area contributed by atoms with Gasteiger partial charge >= 0.3 is 5.97 Å². The molecule has 2 saturated heterocycles. The summed E-state index contributed by atoms with van der Waals surface area (Å²) in [6.45, 7) is 8.51. The molecule has 3 aromatic rings. The van der Waals surface area contributed by atoms with Crippen LogP contribution in [0.5, 0.6) is 0 Å². The van der Waals surface area contributed by atoms with Gasteiger partial charge < -0.3 is 15.0 Å². The lowest BCUT2D eigenvalue weighted by molar-refractivity contribution is -0.141. The molecule has 0 spiro atoms. The van der Waals surface area contributed by atoms with Crippen LogP contribution in [-0.4, -0.2) is 76.7 Å². The molecule has 9 nitrogen and oxygen atoms in total. The number of esters is 1. The quantitative estimate of drug-likeness (QED) is 0.430. The van der Waals surface area contributed by atoms with E-state index in [1.807, 2.05) is 13.1 Å². The summed E-state index contributed by atoms with van der Waals surface area (Å²) in [6, 6.07) is 13.7. The second-order valence-corrected chi connectivity index (χ2v) is 13.4. The lowest BCUT2D eigenvalue weighted by Crippen LogP contribution is -2.44. The molecule has 222 valence electrons. The number of fused-ring (bicyclic) bond motifs is 2. The van der Waals surface area contributed by atoms with Gasteiger partial charge in [0.2, 0.25) is 5.82 Å². The number of amides is 1. The van der Waals surface area contributed by atoms with Crippen LogP contribution in [0, 0.1) is 24.7 Å². The Morgan fingerprint density at radius 3 is 2.55 bits per heavy atom. The lowest BCUT2D eigenvalue weighted by atomic mass is 9.82. The SMILES string of the molecule is COC(=O)CC1C2CN(C3CCC(NC(=O)c4nc5c(C)cc(N6CC[C@](C)(c7ccccc7)C6)cn5n4)CC3)CC12. The van der Waals surface area contributed by atoms with Crippen LogP contribution in [0.3, 0.4) is 0 Å². The number of rotatable bonds is 7. The zero-order valence-corrected chi connectivity index (χ0v) is 25.0. The highest BCUT2D eigenvalue weighted by molar-refractivity contribution is 5.91. The standard InChI is InChI=1S/C33H42N6O3/c1-21-15-25(37-14-13-33(2,20-37)22-7-5-4-6-8-22)17-39-31(21)35-30(36-39)32(41)34-23-9-11-24(12-10-23)38-18-27-26(28(27)19-38)16-29(40)42-3/h4-8,15,17,23-24,26-28H,9-14,16,18-20H2,1-3H3,(H,34,41)/t23?,24?,26?,27?,28?,33-/m0/s1. The second-order valence-electron chi connectivity index (χ2n) is 13.4. The van der Waals surface area contributed by atoms with E-state index in [9.17, 15) is 9.59 Å². The van der Waals surface area contributed by atoms with E-state index in [2.05, 4.69) is 68.5 Å². The van der Waals surface area contributed by atoms with Gasteiger partial charge in [-0.15, -0.1) is 5.10 Å². The number of methoxy groups -OCH3 is 1. The molecule has 0 bridgehead atoms. The van der Waals surface area contributed by atoms with Crippen LogP contribution in [-0.2, 0) is 14.9 Å². The number of nitrogens with one attached hydrogen (secondary N) is 1. The Bertz CT molecular complexity index is 1470. The summed E-state index contributed by atoms with van der Waals surface area (Å²) in [5.74, 6) is 1.81. The van der Waals surface area contributed by atoms with Crippen LogP contribution in [0.15, 0.2) is 42.6 Å². The number of pyridine rings is 1. The molecule has 3 atom stereocenters. The van der Waals surface area contributed by atoms with Crippen molar-refractivity contribution in [3.63, 3.8) is 0 Å². The van der Waals surface area contributed by atoms with E-state index in [1.54, 1.807) is 4.52 Å². The summed E-state index contributed by atoms with van der Waals surface area (Å²) in [5, 5.41) is 7.84. The van der Waals surface area contributed by atoms with Gasteiger partial charge in [0.1, 0.15) is 0 Å². The molecule has 2 aromatic heterocycles. The molecule has 9 heteroatoms. The predicted molar refractivity (Wildman–Crippen MR) is 161 cm³/mol. The van der Waals surface area contributed by atoms with Crippen LogP contribution in [0.25, 0.3) is 5.65 Å².